The van der Waals surface area contributed by atoms with E-state index in [2.05, 4.69) is 26.3 Å². The van der Waals surface area contributed by atoms with Gasteiger partial charge in [0.25, 0.3) is 5.56 Å². The van der Waals surface area contributed by atoms with Gasteiger partial charge < -0.3 is 10.5 Å². The number of rotatable bonds is 0. The van der Waals surface area contributed by atoms with E-state index in [1.807, 2.05) is 0 Å². The molecule has 10 nitrogen and oxygen atoms in total. The SMILES string of the molecule is CC1Oc2cc(nnc2N)-c2c(nn(C)c2C#N)Cn2c(nccc2=O)-c2ccc(F)cc21. The fraction of sp³-hybridized carbons (Fsp3) is 0.182. The van der Waals surface area contributed by atoms with E-state index < -0.39 is 11.9 Å². The molecule has 1 unspecified atom stereocenters. The van der Waals surface area contributed by atoms with E-state index in [0.717, 1.165) is 0 Å². The number of halogens is 1. The minimum absolute atomic E-state index is 0.000302. The predicted octanol–water partition coefficient (Wildman–Crippen LogP) is 2.20. The fourth-order valence-electron chi connectivity index (χ4n) is 3.97. The number of fused-ring (bicyclic) bond motifs is 7. The van der Waals surface area contributed by atoms with Crippen LogP contribution in [0.1, 0.15) is 30.0 Å². The summed E-state index contributed by atoms with van der Waals surface area (Å²) >= 11 is 0. The molecule has 0 spiro atoms. The smallest absolute Gasteiger partial charge is 0.254 e. The second-order valence-corrected chi connectivity index (χ2v) is 7.57. The van der Waals surface area contributed by atoms with Crippen LogP contribution in [0, 0.1) is 17.1 Å². The molecule has 2 bridgehead atoms. The van der Waals surface area contributed by atoms with Crippen molar-refractivity contribution in [2.24, 2.45) is 7.05 Å². The van der Waals surface area contributed by atoms with Crippen LogP contribution in [-0.4, -0.2) is 29.5 Å². The Balaban J connectivity index is 1.88. The van der Waals surface area contributed by atoms with Gasteiger partial charge in [-0.2, -0.15) is 10.4 Å². The van der Waals surface area contributed by atoms with E-state index in [4.69, 9.17) is 10.5 Å². The lowest BCUT2D eigenvalue weighted by molar-refractivity contribution is 0.227. The van der Waals surface area contributed by atoms with Gasteiger partial charge in [0.1, 0.15) is 35.2 Å². The molecule has 0 aliphatic carbocycles. The van der Waals surface area contributed by atoms with Gasteiger partial charge in [-0.05, 0) is 25.1 Å². The first-order chi connectivity index (χ1) is 15.9. The van der Waals surface area contributed by atoms with Gasteiger partial charge in [0.05, 0.1) is 17.8 Å². The van der Waals surface area contributed by atoms with Crippen LogP contribution >= 0.6 is 0 Å². The minimum atomic E-state index is -0.677. The highest BCUT2D eigenvalue weighted by molar-refractivity contribution is 5.71. The summed E-state index contributed by atoms with van der Waals surface area (Å²) in [5, 5.41) is 22.3. The van der Waals surface area contributed by atoms with Crippen molar-refractivity contribution in [3.63, 3.8) is 0 Å². The van der Waals surface area contributed by atoms with Crippen molar-refractivity contribution in [1.82, 2.24) is 29.5 Å². The molecule has 33 heavy (non-hydrogen) atoms. The van der Waals surface area contributed by atoms with Gasteiger partial charge in [-0.3, -0.25) is 14.0 Å². The van der Waals surface area contributed by atoms with Crippen LogP contribution in [-0.2, 0) is 13.6 Å². The Morgan fingerprint density at radius 2 is 2.09 bits per heavy atom. The Bertz CT molecular complexity index is 1520. The summed E-state index contributed by atoms with van der Waals surface area (Å²) in [4.78, 5) is 17.3. The monoisotopic (exact) mass is 444 g/mol. The minimum Gasteiger partial charge on any atom is -0.482 e. The Hall–Kier alpha value is -4.59. The summed E-state index contributed by atoms with van der Waals surface area (Å²) < 4.78 is 23.1. The summed E-state index contributed by atoms with van der Waals surface area (Å²) in [6, 6.07) is 9.19. The number of nitrogen functional groups attached to an aromatic ring is 1. The third-order valence-corrected chi connectivity index (χ3v) is 5.51. The third-order valence-electron chi connectivity index (χ3n) is 5.51. The van der Waals surface area contributed by atoms with Crippen molar-refractivity contribution >= 4 is 5.82 Å². The second-order valence-electron chi connectivity index (χ2n) is 7.57. The molecule has 1 aromatic carbocycles. The summed E-state index contributed by atoms with van der Waals surface area (Å²) in [5.74, 6) is 0.111. The van der Waals surface area contributed by atoms with Crippen LogP contribution in [0.5, 0.6) is 5.75 Å². The lowest BCUT2D eigenvalue weighted by atomic mass is 10.0. The molecule has 1 aliphatic rings. The van der Waals surface area contributed by atoms with Gasteiger partial charge in [0.2, 0.25) is 0 Å². The van der Waals surface area contributed by atoms with E-state index in [9.17, 15) is 14.4 Å². The molecule has 0 saturated heterocycles. The molecule has 5 rings (SSSR count). The third kappa shape index (κ3) is 3.28. The van der Waals surface area contributed by atoms with Gasteiger partial charge in [0, 0.05) is 36.5 Å². The van der Waals surface area contributed by atoms with Crippen LogP contribution in [0.25, 0.3) is 22.6 Å². The van der Waals surface area contributed by atoms with E-state index >= 15 is 0 Å². The maximum Gasteiger partial charge on any atom is 0.254 e. The maximum absolute atomic E-state index is 14.2. The van der Waals surface area contributed by atoms with E-state index in [1.54, 1.807) is 26.1 Å². The highest BCUT2D eigenvalue weighted by Gasteiger charge is 2.26. The molecule has 1 atom stereocenters. The van der Waals surface area contributed by atoms with Crippen LogP contribution in [0.2, 0.25) is 0 Å². The molecular formula is C22H17FN8O2. The van der Waals surface area contributed by atoms with E-state index in [1.165, 1.54) is 33.6 Å². The van der Waals surface area contributed by atoms with Crippen molar-refractivity contribution in [2.45, 2.75) is 19.6 Å². The Morgan fingerprint density at radius 3 is 2.88 bits per heavy atom. The summed E-state index contributed by atoms with van der Waals surface area (Å²) in [6.07, 6.45) is 0.717. The van der Waals surface area contributed by atoms with Crippen LogP contribution < -0.4 is 16.0 Å². The number of nitrogens with zero attached hydrogens (tertiary/aromatic N) is 7. The van der Waals surface area contributed by atoms with Gasteiger partial charge in [-0.1, -0.05) is 0 Å². The van der Waals surface area contributed by atoms with Crippen LogP contribution in [0.3, 0.4) is 0 Å². The number of aryl methyl sites for hydroxylation is 1. The van der Waals surface area contributed by atoms with E-state index in [0.29, 0.717) is 33.9 Å². The van der Waals surface area contributed by atoms with Crippen LogP contribution in [0.4, 0.5) is 10.2 Å². The van der Waals surface area contributed by atoms with Crippen molar-refractivity contribution in [1.29, 1.82) is 5.26 Å². The maximum atomic E-state index is 14.2. The van der Waals surface area contributed by atoms with Crippen LogP contribution in [0.15, 0.2) is 41.3 Å². The van der Waals surface area contributed by atoms with Crippen molar-refractivity contribution in [3.05, 3.63) is 69.7 Å². The van der Waals surface area contributed by atoms with Gasteiger partial charge in [-0.25, -0.2) is 9.37 Å². The highest BCUT2D eigenvalue weighted by atomic mass is 19.1. The fourth-order valence-corrected chi connectivity index (χ4v) is 3.97. The zero-order valence-electron chi connectivity index (χ0n) is 17.7. The molecular weight excluding hydrogens is 427 g/mol. The molecule has 3 aromatic heterocycles. The molecule has 4 heterocycles. The number of aromatic nitrogens is 6. The zero-order chi connectivity index (χ0) is 23.3. The zero-order valence-corrected chi connectivity index (χ0v) is 17.7. The average molecular weight is 444 g/mol. The summed E-state index contributed by atoms with van der Waals surface area (Å²) in [5.41, 5.74) is 8.02. The number of nitriles is 1. The number of ether oxygens (including phenoxy) is 1. The van der Waals surface area contributed by atoms with Crippen molar-refractivity contribution in [3.8, 4) is 34.5 Å². The number of benzene rings is 1. The number of nitrogens with two attached hydrogens (primary N) is 1. The Morgan fingerprint density at radius 1 is 1.27 bits per heavy atom. The average Bonchev–Trinajstić information content (AvgIpc) is 3.10. The molecule has 164 valence electrons. The molecule has 11 heteroatoms. The molecule has 0 fully saturated rings. The lowest BCUT2D eigenvalue weighted by Gasteiger charge is -2.21. The normalized spacial score (nSPS) is 14.5. The largest absolute Gasteiger partial charge is 0.482 e. The number of hydrogen-bond donors (Lipinski definition) is 1. The molecule has 1 aliphatic heterocycles. The predicted molar refractivity (Wildman–Crippen MR) is 115 cm³/mol. The summed E-state index contributed by atoms with van der Waals surface area (Å²) in [6.45, 7) is 1.73. The first kappa shape index (κ1) is 20.3. The lowest BCUT2D eigenvalue weighted by Crippen LogP contribution is -2.24. The number of hydrogen-bond acceptors (Lipinski definition) is 8. The Labute approximate surface area is 186 Å². The molecule has 0 radical (unpaired) electrons. The van der Waals surface area contributed by atoms with Crippen molar-refractivity contribution in [2.75, 3.05) is 5.73 Å². The first-order valence-corrected chi connectivity index (χ1v) is 9.99. The molecule has 0 saturated carbocycles. The second kappa shape index (κ2) is 7.52. The Kier molecular flexibility index (Phi) is 4.63. The van der Waals surface area contributed by atoms with Gasteiger partial charge in [0.15, 0.2) is 11.6 Å². The van der Waals surface area contributed by atoms with Gasteiger partial charge in [-0.15, -0.1) is 10.2 Å². The molecule has 4 aromatic rings. The quantitative estimate of drug-likeness (QED) is 0.436. The highest BCUT2D eigenvalue weighted by Crippen LogP contribution is 2.36. The standard InChI is InChI=1S/C22H17FN8O2/c1-11-14-7-12(23)3-4-13(14)22-26-6-5-19(32)31(22)10-16-20(17(9-24)30(2)29-16)15-8-18(33-11)21(25)28-27-15/h3-8,11H,10H2,1-2H3,(H2,25,28). The van der Waals surface area contributed by atoms with Gasteiger partial charge >= 0.3 is 0 Å². The summed E-state index contributed by atoms with van der Waals surface area (Å²) in [7, 11) is 1.62. The molecule has 0 amide bonds. The number of anilines is 1. The van der Waals surface area contributed by atoms with E-state index in [-0.39, 0.29) is 29.4 Å². The first-order valence-electron chi connectivity index (χ1n) is 9.99. The molecule has 2 N–H and O–H groups in total. The topological polar surface area (TPSA) is 138 Å². The van der Waals surface area contributed by atoms with Crippen molar-refractivity contribution < 1.29 is 9.13 Å².